The maximum Gasteiger partial charge on any atom is 0.204 e. The van der Waals surface area contributed by atoms with E-state index in [0.717, 1.165) is 5.56 Å². The van der Waals surface area contributed by atoms with E-state index in [-0.39, 0.29) is 17.2 Å². The van der Waals surface area contributed by atoms with Gasteiger partial charge < -0.3 is 4.74 Å². The zero-order valence-electron chi connectivity index (χ0n) is 13.0. The summed E-state index contributed by atoms with van der Waals surface area (Å²) in [6.07, 6.45) is 0. The number of rotatable bonds is 6. The molecule has 0 bridgehead atoms. The predicted octanol–water partition coefficient (Wildman–Crippen LogP) is 1.82. The van der Waals surface area contributed by atoms with Crippen molar-refractivity contribution in [3.63, 3.8) is 0 Å². The summed E-state index contributed by atoms with van der Waals surface area (Å²) in [4.78, 5) is 1.50. The first-order valence-electron chi connectivity index (χ1n) is 7.28. The van der Waals surface area contributed by atoms with E-state index in [9.17, 15) is 8.42 Å². The van der Waals surface area contributed by atoms with Gasteiger partial charge in [0, 0.05) is 5.56 Å². The van der Waals surface area contributed by atoms with Gasteiger partial charge in [-0.05, 0) is 23.4 Å². The Kier molecular flexibility index (Phi) is 4.57. The third-order valence-corrected chi connectivity index (χ3v) is 5.14. The summed E-state index contributed by atoms with van der Waals surface area (Å²) < 4.78 is 29.9. The molecule has 0 aliphatic rings. The molecule has 0 unspecified atom stereocenters. The Hall–Kier alpha value is -2.74. The Bertz CT molecular complexity index is 923. The second kappa shape index (κ2) is 6.79. The van der Waals surface area contributed by atoms with Crippen LogP contribution in [0.25, 0.3) is 11.4 Å². The molecule has 3 aromatic rings. The third-order valence-electron chi connectivity index (χ3n) is 3.45. The largest absolute Gasteiger partial charge is 0.497 e. The smallest absolute Gasteiger partial charge is 0.204 e. The standard InChI is InChI=1S/C16H16N4O3S/c1-23-14-8-5-9-15(12-14)24(21,22)11-10-20-18-16(17-19-20)13-6-3-2-4-7-13/h2-9,12H,10-11H2,1H3. The Morgan fingerprint density at radius 1 is 1.08 bits per heavy atom. The molecule has 0 saturated heterocycles. The molecule has 24 heavy (non-hydrogen) atoms. The molecule has 1 heterocycles. The van der Waals surface area contributed by atoms with Gasteiger partial charge in [0.15, 0.2) is 9.84 Å². The molecular formula is C16H16N4O3S. The van der Waals surface area contributed by atoms with Gasteiger partial charge in [-0.25, -0.2) is 8.42 Å². The second-order valence-electron chi connectivity index (χ2n) is 5.07. The highest BCUT2D eigenvalue weighted by Crippen LogP contribution is 2.18. The lowest BCUT2D eigenvalue weighted by Gasteiger charge is -2.05. The topological polar surface area (TPSA) is 87.0 Å². The van der Waals surface area contributed by atoms with Gasteiger partial charge in [0.25, 0.3) is 0 Å². The molecule has 8 heteroatoms. The van der Waals surface area contributed by atoms with Gasteiger partial charge in [-0.1, -0.05) is 36.4 Å². The van der Waals surface area contributed by atoms with Crippen LogP contribution in [0.3, 0.4) is 0 Å². The lowest BCUT2D eigenvalue weighted by atomic mass is 10.2. The van der Waals surface area contributed by atoms with E-state index in [4.69, 9.17) is 4.74 Å². The minimum atomic E-state index is -3.46. The van der Waals surface area contributed by atoms with E-state index in [1.165, 1.54) is 18.0 Å². The molecule has 0 amide bonds. The highest BCUT2D eigenvalue weighted by Gasteiger charge is 2.16. The number of tetrazole rings is 1. The number of nitrogens with zero attached hydrogens (tertiary/aromatic N) is 4. The molecule has 124 valence electrons. The molecule has 1 aromatic heterocycles. The van der Waals surface area contributed by atoms with Crippen molar-refractivity contribution in [2.45, 2.75) is 11.4 Å². The molecule has 0 fully saturated rings. The maximum atomic E-state index is 12.4. The van der Waals surface area contributed by atoms with Crippen molar-refractivity contribution < 1.29 is 13.2 Å². The second-order valence-corrected chi connectivity index (χ2v) is 7.18. The van der Waals surface area contributed by atoms with Crippen LogP contribution >= 0.6 is 0 Å². The van der Waals surface area contributed by atoms with Crippen molar-refractivity contribution >= 4 is 9.84 Å². The van der Waals surface area contributed by atoms with Crippen LogP contribution in [0.2, 0.25) is 0 Å². The molecule has 0 aliphatic heterocycles. The number of methoxy groups -OCH3 is 1. The van der Waals surface area contributed by atoms with E-state index in [1.807, 2.05) is 30.3 Å². The number of sulfone groups is 1. The van der Waals surface area contributed by atoms with Crippen LogP contribution in [-0.4, -0.2) is 41.5 Å². The SMILES string of the molecule is COc1cccc(S(=O)(=O)CCn2nnc(-c3ccccc3)n2)c1. The van der Waals surface area contributed by atoms with Gasteiger partial charge in [0.2, 0.25) is 5.82 Å². The van der Waals surface area contributed by atoms with Crippen molar-refractivity contribution in [3.05, 3.63) is 54.6 Å². The van der Waals surface area contributed by atoms with Crippen LogP contribution < -0.4 is 4.74 Å². The summed E-state index contributed by atoms with van der Waals surface area (Å²) in [6.45, 7) is 0.124. The molecule has 2 aromatic carbocycles. The zero-order chi connectivity index (χ0) is 17.0. The van der Waals surface area contributed by atoms with Gasteiger partial charge in [0.1, 0.15) is 5.75 Å². The summed E-state index contributed by atoms with van der Waals surface area (Å²) in [6, 6.07) is 15.8. The molecule has 0 radical (unpaired) electrons. The first kappa shape index (κ1) is 16.1. The summed E-state index contributed by atoms with van der Waals surface area (Å²) in [5.74, 6) is 0.848. The fourth-order valence-corrected chi connectivity index (χ4v) is 3.38. The molecule has 0 aliphatic carbocycles. The van der Waals surface area contributed by atoms with Gasteiger partial charge in [-0.15, -0.1) is 10.2 Å². The summed E-state index contributed by atoms with van der Waals surface area (Å²) in [5.41, 5.74) is 0.833. The number of benzene rings is 2. The monoisotopic (exact) mass is 344 g/mol. The summed E-state index contributed by atoms with van der Waals surface area (Å²) in [5, 5.41) is 12.1. The van der Waals surface area contributed by atoms with Gasteiger partial charge in [0.05, 0.1) is 24.3 Å². The zero-order valence-corrected chi connectivity index (χ0v) is 13.8. The Balaban J connectivity index is 1.72. The van der Waals surface area contributed by atoms with Crippen molar-refractivity contribution in [2.75, 3.05) is 12.9 Å². The lowest BCUT2D eigenvalue weighted by molar-refractivity contribution is 0.413. The minimum Gasteiger partial charge on any atom is -0.497 e. The van der Waals surface area contributed by atoms with Crippen LogP contribution in [0.1, 0.15) is 0 Å². The van der Waals surface area contributed by atoms with Crippen LogP contribution in [0.4, 0.5) is 0 Å². The molecule has 0 atom stereocenters. The lowest BCUT2D eigenvalue weighted by Crippen LogP contribution is -2.15. The fourth-order valence-electron chi connectivity index (χ4n) is 2.16. The molecular weight excluding hydrogens is 328 g/mol. The number of hydrogen-bond donors (Lipinski definition) is 0. The highest BCUT2D eigenvalue weighted by atomic mass is 32.2. The quantitative estimate of drug-likeness (QED) is 0.678. The molecule has 7 nitrogen and oxygen atoms in total. The van der Waals surface area contributed by atoms with Crippen LogP contribution in [0, 0.1) is 0 Å². The van der Waals surface area contributed by atoms with Crippen LogP contribution in [-0.2, 0) is 16.4 Å². The number of aryl methyl sites for hydroxylation is 1. The summed E-state index contributed by atoms with van der Waals surface area (Å²) >= 11 is 0. The van der Waals surface area contributed by atoms with Crippen LogP contribution in [0.15, 0.2) is 59.5 Å². The van der Waals surface area contributed by atoms with E-state index in [1.54, 1.807) is 18.2 Å². The number of hydrogen-bond acceptors (Lipinski definition) is 6. The van der Waals surface area contributed by atoms with Gasteiger partial charge in [-0.3, -0.25) is 0 Å². The fraction of sp³-hybridized carbons (Fsp3) is 0.188. The van der Waals surface area contributed by atoms with Crippen molar-refractivity contribution in [1.29, 1.82) is 0 Å². The van der Waals surface area contributed by atoms with Crippen molar-refractivity contribution in [1.82, 2.24) is 20.2 Å². The Morgan fingerprint density at radius 2 is 1.88 bits per heavy atom. The molecule has 0 saturated carbocycles. The van der Waals surface area contributed by atoms with Crippen molar-refractivity contribution in [2.24, 2.45) is 0 Å². The third kappa shape index (κ3) is 3.60. The maximum absolute atomic E-state index is 12.4. The van der Waals surface area contributed by atoms with E-state index in [0.29, 0.717) is 11.6 Å². The summed E-state index contributed by atoms with van der Waals surface area (Å²) in [7, 11) is -1.96. The number of aromatic nitrogens is 4. The number of ether oxygens (including phenoxy) is 1. The normalized spacial score (nSPS) is 11.4. The highest BCUT2D eigenvalue weighted by molar-refractivity contribution is 7.91. The predicted molar refractivity (Wildman–Crippen MR) is 88.3 cm³/mol. The van der Waals surface area contributed by atoms with E-state index < -0.39 is 9.84 Å². The first-order valence-corrected chi connectivity index (χ1v) is 8.94. The molecule has 0 N–H and O–H groups in total. The van der Waals surface area contributed by atoms with Gasteiger partial charge in [-0.2, -0.15) is 4.80 Å². The Labute approximate surface area is 139 Å². The molecule has 3 rings (SSSR count). The first-order chi connectivity index (χ1) is 11.6. The minimum absolute atomic E-state index is 0.120. The Morgan fingerprint density at radius 3 is 2.62 bits per heavy atom. The average molecular weight is 344 g/mol. The van der Waals surface area contributed by atoms with E-state index in [2.05, 4.69) is 15.4 Å². The van der Waals surface area contributed by atoms with Crippen molar-refractivity contribution in [3.8, 4) is 17.1 Å². The van der Waals surface area contributed by atoms with Gasteiger partial charge >= 0.3 is 0 Å². The van der Waals surface area contributed by atoms with Crippen LogP contribution in [0.5, 0.6) is 5.75 Å². The molecule has 0 spiro atoms. The average Bonchev–Trinajstić information content (AvgIpc) is 3.10. The van der Waals surface area contributed by atoms with E-state index >= 15 is 0 Å².